The van der Waals surface area contributed by atoms with Gasteiger partial charge in [0.1, 0.15) is 73.2 Å². The third-order valence-corrected chi connectivity index (χ3v) is 21.6. The molecule has 3 heterocycles. The third kappa shape index (κ3) is 43.3. The summed E-state index contributed by atoms with van der Waals surface area (Å²) in [5.74, 6) is -0.267. The molecule has 3 saturated heterocycles. The Morgan fingerprint density at radius 1 is 0.347 bits per heavy atom. The zero-order valence-corrected chi connectivity index (χ0v) is 64.2. The second-order valence-electron chi connectivity index (χ2n) is 30.7. The van der Waals surface area contributed by atoms with Crippen molar-refractivity contribution in [3.63, 3.8) is 0 Å². The fourth-order valence-electron chi connectivity index (χ4n) is 14.8. The molecule has 0 aromatic heterocycles. The van der Waals surface area contributed by atoms with Gasteiger partial charge in [0.05, 0.1) is 38.6 Å². The number of aliphatic hydroxyl groups excluding tert-OH is 11. The molecule has 3 fully saturated rings. The minimum Gasteiger partial charge on any atom is -0.394 e. The summed E-state index contributed by atoms with van der Waals surface area (Å²) in [7, 11) is 0. The van der Waals surface area contributed by atoms with Crippen LogP contribution in [0.25, 0.3) is 0 Å². The third-order valence-electron chi connectivity index (χ3n) is 21.6. The molecule has 12 N–H and O–H groups in total. The van der Waals surface area contributed by atoms with Crippen LogP contribution in [0.1, 0.15) is 373 Å². The molecular formula is C82H157NO18. The Balaban J connectivity index is 1.26. The fraction of sp³-hybridized carbons (Fsp3) is 0.963. The molecule has 3 rings (SSSR count). The SMILES string of the molecule is CCCCCCCCCCCCCCC/C=C/C(O)C(COC1OC(CO)C(OC2OC(CO)C(OC3OC(CO)C(O)C(O)C3O)C(O)C2O)C(O)C1O)NC(=O)CCCCCCCCCCCCCCCCCCCCCCCCCCCCCCCCCCCCCCCCCCC. The maximum Gasteiger partial charge on any atom is 0.220 e. The van der Waals surface area contributed by atoms with Gasteiger partial charge in [-0.25, -0.2) is 0 Å². The molecule has 17 unspecified atom stereocenters. The predicted molar refractivity (Wildman–Crippen MR) is 402 cm³/mol. The van der Waals surface area contributed by atoms with Crippen molar-refractivity contribution >= 4 is 5.91 Å². The average molecular weight is 1450 g/mol. The average Bonchev–Trinajstić information content (AvgIpc) is 0.798. The number of hydrogen-bond acceptors (Lipinski definition) is 18. The minimum absolute atomic E-state index is 0.250. The highest BCUT2D eigenvalue weighted by atomic mass is 16.8. The van der Waals surface area contributed by atoms with Gasteiger partial charge in [-0.2, -0.15) is 0 Å². The van der Waals surface area contributed by atoms with Gasteiger partial charge in [0, 0.05) is 6.42 Å². The van der Waals surface area contributed by atoms with E-state index >= 15 is 0 Å². The van der Waals surface area contributed by atoms with E-state index in [1.54, 1.807) is 6.08 Å². The zero-order valence-electron chi connectivity index (χ0n) is 64.2. The van der Waals surface area contributed by atoms with E-state index in [0.29, 0.717) is 6.42 Å². The van der Waals surface area contributed by atoms with Crippen molar-refractivity contribution in [2.75, 3.05) is 26.4 Å². The summed E-state index contributed by atoms with van der Waals surface area (Å²) in [5, 5.41) is 121. The zero-order chi connectivity index (χ0) is 73.2. The lowest BCUT2D eigenvalue weighted by Gasteiger charge is -2.48. The number of allylic oxidation sites excluding steroid dienone is 1. The van der Waals surface area contributed by atoms with Crippen molar-refractivity contribution in [2.24, 2.45) is 0 Å². The predicted octanol–water partition coefficient (Wildman–Crippen LogP) is 14.7. The molecule has 1 amide bonds. The van der Waals surface area contributed by atoms with Crippen LogP contribution in [0.2, 0.25) is 0 Å². The molecule has 0 aromatic carbocycles. The highest BCUT2D eigenvalue weighted by molar-refractivity contribution is 5.76. The molecular weight excluding hydrogens is 1290 g/mol. The van der Waals surface area contributed by atoms with Crippen LogP contribution >= 0.6 is 0 Å². The molecule has 0 aromatic rings. The van der Waals surface area contributed by atoms with Gasteiger partial charge in [0.15, 0.2) is 18.9 Å². The van der Waals surface area contributed by atoms with Crippen LogP contribution in [0.4, 0.5) is 0 Å². The Morgan fingerprint density at radius 2 is 0.614 bits per heavy atom. The Labute approximate surface area is 614 Å². The molecule has 19 heteroatoms. The standard InChI is InChI=1S/C82H157NO18/c1-3-5-7-9-11-13-15-17-19-20-21-22-23-24-25-26-27-28-29-30-31-32-33-34-35-36-37-38-39-40-41-42-43-44-46-48-50-52-54-56-58-60-70(88)83-65(66(87)59-57-55-53-51-49-47-45-18-16-14-12-10-8-6-4-2)64-96-80-76(94)73(91)78(68(62-85)98-80)101-82-77(95)74(92)79(69(63-86)99-82)100-81-75(93)72(90)71(89)67(61-84)97-81/h57,59,65-69,71-82,84-87,89-95H,3-56,58,60-64H2,1-2H3,(H,83,88)/b59-57+. The van der Waals surface area contributed by atoms with E-state index < -0.39 is 124 Å². The van der Waals surface area contributed by atoms with Gasteiger partial charge in [-0.05, 0) is 19.3 Å². The van der Waals surface area contributed by atoms with Crippen LogP contribution in [-0.2, 0) is 33.2 Å². The van der Waals surface area contributed by atoms with E-state index in [4.69, 9.17) is 28.4 Å². The minimum atomic E-state index is -1.98. The second kappa shape index (κ2) is 63.5. The summed E-state index contributed by atoms with van der Waals surface area (Å²) in [6.07, 6.45) is 49.7. The van der Waals surface area contributed by atoms with Crippen molar-refractivity contribution < 1.29 is 89.4 Å². The number of ether oxygens (including phenoxy) is 6. The quantitative estimate of drug-likeness (QED) is 0.0199. The highest BCUT2D eigenvalue weighted by Crippen LogP contribution is 2.33. The molecule has 0 aliphatic carbocycles. The number of hydrogen-bond donors (Lipinski definition) is 12. The van der Waals surface area contributed by atoms with Gasteiger partial charge in [-0.3, -0.25) is 4.79 Å². The van der Waals surface area contributed by atoms with E-state index in [9.17, 15) is 61.0 Å². The van der Waals surface area contributed by atoms with Gasteiger partial charge in [0.2, 0.25) is 5.91 Å². The number of nitrogens with one attached hydrogen (secondary N) is 1. The van der Waals surface area contributed by atoms with Crippen LogP contribution in [0.15, 0.2) is 12.2 Å². The monoisotopic (exact) mass is 1440 g/mol. The summed E-state index contributed by atoms with van der Waals surface area (Å²) < 4.78 is 34.4. The lowest BCUT2D eigenvalue weighted by Crippen LogP contribution is -2.66. The van der Waals surface area contributed by atoms with Crippen molar-refractivity contribution in [1.29, 1.82) is 0 Å². The van der Waals surface area contributed by atoms with Crippen molar-refractivity contribution in [1.82, 2.24) is 5.32 Å². The Bertz CT molecular complexity index is 1870. The molecule has 0 bridgehead atoms. The lowest BCUT2D eigenvalue weighted by atomic mass is 9.96. The number of carbonyl (C=O) groups is 1. The largest absolute Gasteiger partial charge is 0.394 e. The maximum atomic E-state index is 13.5. The first kappa shape index (κ1) is 93.7. The normalized spacial score (nSPS) is 26.3. The molecule has 598 valence electrons. The number of rotatable bonds is 69. The first-order valence-electron chi connectivity index (χ1n) is 42.4. The van der Waals surface area contributed by atoms with Gasteiger partial charge >= 0.3 is 0 Å². The first-order valence-corrected chi connectivity index (χ1v) is 42.4. The van der Waals surface area contributed by atoms with Crippen molar-refractivity contribution in [2.45, 2.75) is 478 Å². The van der Waals surface area contributed by atoms with E-state index in [1.165, 1.54) is 302 Å². The number of unbranched alkanes of at least 4 members (excludes halogenated alkanes) is 53. The first-order chi connectivity index (χ1) is 49.3. The second-order valence-corrected chi connectivity index (χ2v) is 30.7. The van der Waals surface area contributed by atoms with E-state index in [-0.39, 0.29) is 18.9 Å². The number of amides is 1. The van der Waals surface area contributed by atoms with Gasteiger partial charge in [-0.1, -0.05) is 360 Å². The van der Waals surface area contributed by atoms with E-state index in [2.05, 4.69) is 19.2 Å². The maximum absolute atomic E-state index is 13.5. The smallest absolute Gasteiger partial charge is 0.220 e. The summed E-state index contributed by atoms with van der Waals surface area (Å²) in [4.78, 5) is 13.5. The molecule has 0 spiro atoms. The summed E-state index contributed by atoms with van der Waals surface area (Å²) in [6, 6.07) is -0.969. The summed E-state index contributed by atoms with van der Waals surface area (Å²) >= 11 is 0. The molecule has 0 saturated carbocycles. The van der Waals surface area contributed by atoms with Gasteiger partial charge in [0.25, 0.3) is 0 Å². The van der Waals surface area contributed by atoms with Crippen molar-refractivity contribution in [3.05, 3.63) is 12.2 Å². The van der Waals surface area contributed by atoms with Crippen LogP contribution in [0, 0.1) is 0 Å². The lowest BCUT2D eigenvalue weighted by molar-refractivity contribution is -0.379. The van der Waals surface area contributed by atoms with Crippen LogP contribution in [0.3, 0.4) is 0 Å². The number of carbonyl (C=O) groups excluding carboxylic acids is 1. The summed E-state index contributed by atoms with van der Waals surface area (Å²) in [5.41, 5.74) is 0. The Kier molecular flexibility index (Phi) is 58.9. The fourth-order valence-corrected chi connectivity index (χ4v) is 14.8. The number of aliphatic hydroxyl groups is 11. The molecule has 3 aliphatic heterocycles. The van der Waals surface area contributed by atoms with Crippen LogP contribution in [0.5, 0.6) is 0 Å². The highest BCUT2D eigenvalue weighted by Gasteiger charge is 2.54. The van der Waals surface area contributed by atoms with Crippen LogP contribution in [-0.4, -0.2) is 193 Å². The van der Waals surface area contributed by atoms with Crippen LogP contribution < -0.4 is 5.32 Å². The van der Waals surface area contributed by atoms with Gasteiger partial charge in [-0.15, -0.1) is 0 Å². The molecule has 3 aliphatic rings. The van der Waals surface area contributed by atoms with Gasteiger partial charge < -0.3 is 89.9 Å². The van der Waals surface area contributed by atoms with E-state index in [1.807, 2.05) is 6.08 Å². The summed E-state index contributed by atoms with van der Waals surface area (Å²) in [6.45, 7) is 1.79. The van der Waals surface area contributed by atoms with Crippen molar-refractivity contribution in [3.8, 4) is 0 Å². The molecule has 101 heavy (non-hydrogen) atoms. The molecule has 0 radical (unpaired) electrons. The molecule has 19 nitrogen and oxygen atoms in total. The Morgan fingerprint density at radius 3 is 0.931 bits per heavy atom. The van der Waals surface area contributed by atoms with E-state index in [0.717, 1.165) is 44.9 Å². The molecule has 17 atom stereocenters. The Hall–Kier alpha value is -1.47. The topological polar surface area (TPSA) is 307 Å².